The fraction of sp³-hybridized carbons (Fsp3) is 0.154. The van der Waals surface area contributed by atoms with Gasteiger partial charge in [-0.25, -0.2) is 5.43 Å². The summed E-state index contributed by atoms with van der Waals surface area (Å²) in [5, 5.41) is 13.3. The van der Waals surface area contributed by atoms with Crippen molar-refractivity contribution in [1.82, 2.24) is 25.2 Å². The third-order valence-corrected chi connectivity index (χ3v) is 5.97. The van der Waals surface area contributed by atoms with Crippen LogP contribution in [0, 0.1) is 6.92 Å². The number of hydrogen-bond acceptors (Lipinski definition) is 9. The number of ether oxygens (including phenoxy) is 2. The molecule has 0 aliphatic rings. The lowest BCUT2D eigenvalue weighted by molar-refractivity contribution is -0.132. The zero-order valence-corrected chi connectivity index (χ0v) is 21.2. The van der Waals surface area contributed by atoms with Crippen LogP contribution in [0.1, 0.15) is 18.1 Å². The standard InChI is InChI=1S/C26H24N6O4S/c1-17-4-7-21(8-5-17)32-25(20-10-12-27-13-11-20)30-31-26(32)37-16-24(34)29-28-15-19-6-9-22(36-18(2)33)23(14-19)35-3/h4-15H,16H2,1-3H3,(H,29,34). The molecule has 0 saturated heterocycles. The van der Waals surface area contributed by atoms with Crippen LogP contribution in [0.25, 0.3) is 17.1 Å². The van der Waals surface area contributed by atoms with Crippen LogP contribution < -0.4 is 14.9 Å². The van der Waals surface area contributed by atoms with Crippen LogP contribution in [0.2, 0.25) is 0 Å². The number of carbonyl (C=O) groups excluding carboxylic acids is 2. The average Bonchev–Trinajstić information content (AvgIpc) is 3.33. The van der Waals surface area contributed by atoms with Crippen molar-refractivity contribution in [3.8, 4) is 28.6 Å². The Labute approximate surface area is 217 Å². The number of thioether (sulfide) groups is 1. The number of carbonyl (C=O) groups is 2. The van der Waals surface area contributed by atoms with Gasteiger partial charge < -0.3 is 9.47 Å². The summed E-state index contributed by atoms with van der Waals surface area (Å²) in [4.78, 5) is 27.8. The molecule has 0 unspecified atom stereocenters. The molecule has 188 valence electrons. The zero-order chi connectivity index (χ0) is 26.2. The molecule has 11 heteroatoms. The quantitative estimate of drug-likeness (QED) is 0.117. The second-order valence-corrected chi connectivity index (χ2v) is 8.74. The maximum atomic E-state index is 12.5. The SMILES string of the molecule is COc1cc(C=NNC(=O)CSc2nnc(-c3ccncc3)n2-c2ccc(C)cc2)ccc1OC(C)=O. The lowest BCUT2D eigenvalue weighted by Crippen LogP contribution is -2.20. The van der Waals surface area contributed by atoms with E-state index in [2.05, 4.69) is 25.7 Å². The molecule has 4 aromatic rings. The van der Waals surface area contributed by atoms with Crippen molar-refractivity contribution in [2.24, 2.45) is 5.10 Å². The van der Waals surface area contributed by atoms with E-state index in [4.69, 9.17) is 9.47 Å². The number of benzene rings is 2. The molecular formula is C26H24N6O4S. The van der Waals surface area contributed by atoms with Gasteiger partial charge >= 0.3 is 5.97 Å². The number of aromatic nitrogens is 4. The van der Waals surface area contributed by atoms with E-state index in [0.29, 0.717) is 28.0 Å². The molecule has 0 saturated carbocycles. The number of rotatable bonds is 9. The van der Waals surface area contributed by atoms with E-state index >= 15 is 0 Å². The third-order valence-electron chi connectivity index (χ3n) is 5.04. The summed E-state index contributed by atoms with van der Waals surface area (Å²) < 4.78 is 12.2. The van der Waals surface area contributed by atoms with E-state index < -0.39 is 5.97 Å². The summed E-state index contributed by atoms with van der Waals surface area (Å²) in [6.45, 7) is 3.33. The van der Waals surface area contributed by atoms with Crippen LogP contribution >= 0.6 is 11.8 Å². The first-order chi connectivity index (χ1) is 17.9. The van der Waals surface area contributed by atoms with Gasteiger partial charge in [0.05, 0.1) is 19.1 Å². The number of hydrazone groups is 1. The number of aryl methyl sites for hydroxylation is 1. The van der Waals surface area contributed by atoms with Gasteiger partial charge in [0, 0.05) is 30.6 Å². The van der Waals surface area contributed by atoms with Crippen LogP contribution in [0.4, 0.5) is 0 Å². The lowest BCUT2D eigenvalue weighted by atomic mass is 10.2. The number of esters is 1. The largest absolute Gasteiger partial charge is 0.493 e. The number of methoxy groups -OCH3 is 1. The van der Waals surface area contributed by atoms with Crippen molar-refractivity contribution in [3.63, 3.8) is 0 Å². The van der Waals surface area contributed by atoms with Crippen molar-refractivity contribution in [2.75, 3.05) is 12.9 Å². The Balaban J connectivity index is 1.45. The van der Waals surface area contributed by atoms with E-state index in [1.54, 1.807) is 30.6 Å². The van der Waals surface area contributed by atoms with Gasteiger partial charge in [0.25, 0.3) is 5.91 Å². The van der Waals surface area contributed by atoms with Gasteiger partial charge in [0.2, 0.25) is 0 Å². The van der Waals surface area contributed by atoms with E-state index in [1.165, 1.54) is 32.0 Å². The minimum Gasteiger partial charge on any atom is -0.493 e. The number of pyridine rings is 1. The average molecular weight is 517 g/mol. The molecule has 0 fully saturated rings. The topological polar surface area (TPSA) is 121 Å². The summed E-state index contributed by atoms with van der Waals surface area (Å²) in [6.07, 6.45) is 4.86. The first kappa shape index (κ1) is 25.6. The van der Waals surface area contributed by atoms with E-state index in [9.17, 15) is 9.59 Å². The van der Waals surface area contributed by atoms with Gasteiger partial charge in [-0.15, -0.1) is 10.2 Å². The molecule has 0 aliphatic heterocycles. The number of hydrogen-bond donors (Lipinski definition) is 1. The second-order valence-electron chi connectivity index (χ2n) is 7.80. The third kappa shape index (κ3) is 6.58. The predicted octanol–water partition coefficient (Wildman–Crippen LogP) is 3.81. The zero-order valence-electron chi connectivity index (χ0n) is 20.4. The van der Waals surface area contributed by atoms with Crippen molar-refractivity contribution < 1.29 is 19.1 Å². The predicted molar refractivity (Wildman–Crippen MR) is 140 cm³/mol. The smallest absolute Gasteiger partial charge is 0.308 e. The summed E-state index contributed by atoms with van der Waals surface area (Å²) >= 11 is 1.25. The van der Waals surface area contributed by atoms with Gasteiger partial charge in [-0.2, -0.15) is 5.10 Å². The molecule has 2 aromatic carbocycles. The maximum absolute atomic E-state index is 12.5. The molecule has 4 rings (SSSR count). The molecule has 0 aliphatic carbocycles. The minimum atomic E-state index is -0.449. The molecule has 0 radical (unpaired) electrons. The van der Waals surface area contributed by atoms with E-state index in [1.807, 2.05) is 47.9 Å². The highest BCUT2D eigenvalue weighted by Crippen LogP contribution is 2.29. The molecule has 0 spiro atoms. The Morgan fingerprint density at radius 1 is 1.05 bits per heavy atom. The molecule has 0 bridgehead atoms. The summed E-state index contributed by atoms with van der Waals surface area (Å²) in [6, 6.07) is 16.6. The first-order valence-corrected chi connectivity index (χ1v) is 12.2. The number of nitrogens with one attached hydrogen (secondary N) is 1. The molecule has 10 nitrogen and oxygen atoms in total. The van der Waals surface area contributed by atoms with Crippen molar-refractivity contribution in [1.29, 1.82) is 0 Å². The van der Waals surface area contributed by atoms with E-state index in [-0.39, 0.29) is 11.7 Å². The summed E-state index contributed by atoms with van der Waals surface area (Å²) in [7, 11) is 1.47. The van der Waals surface area contributed by atoms with Crippen molar-refractivity contribution in [2.45, 2.75) is 19.0 Å². The fourth-order valence-corrected chi connectivity index (χ4v) is 4.07. The summed E-state index contributed by atoms with van der Waals surface area (Å²) in [5.74, 6) is 0.646. The van der Waals surface area contributed by atoms with Gasteiger partial charge in [0.1, 0.15) is 0 Å². The Morgan fingerprint density at radius 2 is 1.81 bits per heavy atom. The van der Waals surface area contributed by atoms with Crippen LogP contribution in [-0.4, -0.2) is 50.7 Å². The lowest BCUT2D eigenvalue weighted by Gasteiger charge is -2.10. The Hall–Kier alpha value is -4.51. The Kier molecular flexibility index (Phi) is 8.26. The molecule has 37 heavy (non-hydrogen) atoms. The number of nitrogens with zero attached hydrogens (tertiary/aromatic N) is 5. The monoisotopic (exact) mass is 516 g/mol. The van der Waals surface area contributed by atoms with Crippen LogP contribution in [0.15, 0.2) is 77.2 Å². The molecule has 2 heterocycles. The second kappa shape index (κ2) is 12.0. The highest BCUT2D eigenvalue weighted by Gasteiger charge is 2.17. The van der Waals surface area contributed by atoms with E-state index in [0.717, 1.165) is 16.8 Å². The normalized spacial score (nSPS) is 10.9. The van der Waals surface area contributed by atoms with Crippen LogP contribution in [0.3, 0.4) is 0 Å². The highest BCUT2D eigenvalue weighted by molar-refractivity contribution is 7.99. The van der Waals surface area contributed by atoms with Gasteiger partial charge in [-0.3, -0.25) is 19.1 Å². The highest BCUT2D eigenvalue weighted by atomic mass is 32.2. The molecule has 1 N–H and O–H groups in total. The molecule has 1 amide bonds. The van der Waals surface area contributed by atoms with Gasteiger partial charge in [-0.1, -0.05) is 29.5 Å². The fourth-order valence-electron chi connectivity index (χ4n) is 3.32. The van der Waals surface area contributed by atoms with Crippen molar-refractivity contribution in [3.05, 3.63) is 78.1 Å². The van der Waals surface area contributed by atoms with Gasteiger partial charge in [-0.05, 0) is 55.0 Å². The molecule has 0 atom stereocenters. The molecule has 2 aromatic heterocycles. The first-order valence-electron chi connectivity index (χ1n) is 11.2. The summed E-state index contributed by atoms with van der Waals surface area (Å²) in [5.41, 5.74) is 6.04. The number of amides is 1. The van der Waals surface area contributed by atoms with Crippen LogP contribution in [0.5, 0.6) is 11.5 Å². The minimum absolute atomic E-state index is 0.0758. The Bertz CT molecular complexity index is 1420. The maximum Gasteiger partial charge on any atom is 0.308 e. The Morgan fingerprint density at radius 3 is 2.51 bits per heavy atom. The van der Waals surface area contributed by atoms with Crippen LogP contribution in [-0.2, 0) is 9.59 Å². The van der Waals surface area contributed by atoms with Crippen molar-refractivity contribution >= 4 is 29.9 Å². The van der Waals surface area contributed by atoms with Gasteiger partial charge in [0.15, 0.2) is 22.5 Å². The molecular weight excluding hydrogens is 492 g/mol.